The van der Waals surface area contributed by atoms with Crippen molar-refractivity contribution in [3.63, 3.8) is 0 Å². The molecule has 92 valence electrons. The summed E-state index contributed by atoms with van der Waals surface area (Å²) in [6, 6.07) is 1.82. The number of alkyl halides is 3. The summed E-state index contributed by atoms with van der Waals surface area (Å²) in [5.41, 5.74) is 0. The van der Waals surface area contributed by atoms with Crippen LogP contribution >= 0.6 is 11.8 Å². The minimum absolute atomic E-state index is 0.0682. The fourth-order valence-electron chi connectivity index (χ4n) is 1.17. The Labute approximate surface area is 96.6 Å². The molecule has 0 saturated carbocycles. The van der Waals surface area contributed by atoms with Crippen LogP contribution in [-0.4, -0.2) is 24.5 Å². The highest BCUT2D eigenvalue weighted by atomic mass is 32.2. The largest absolute Gasteiger partial charge is 0.468 e. The maximum atomic E-state index is 11.9. The number of hydrogen-bond donors (Lipinski definition) is 1. The average molecular weight is 253 g/mol. The predicted octanol–water partition coefficient (Wildman–Crippen LogP) is 3.22. The maximum absolute atomic E-state index is 11.9. The fraction of sp³-hybridized carbons (Fsp3) is 0.600. The highest BCUT2D eigenvalue weighted by Gasteiger charge is 2.26. The lowest BCUT2D eigenvalue weighted by Gasteiger charge is -2.13. The third kappa shape index (κ3) is 4.94. The molecule has 1 aromatic heterocycles. The van der Waals surface area contributed by atoms with Crippen LogP contribution < -0.4 is 5.32 Å². The van der Waals surface area contributed by atoms with Crippen LogP contribution in [-0.2, 0) is 0 Å². The molecule has 0 aliphatic carbocycles. The Bertz CT molecular complexity index is 324. The molecule has 0 spiro atoms. The molecule has 6 heteroatoms. The molecule has 16 heavy (non-hydrogen) atoms. The van der Waals surface area contributed by atoms with Gasteiger partial charge in [0.1, 0.15) is 5.76 Å². The number of thioether (sulfide) groups is 1. The molecule has 0 aliphatic rings. The first-order valence-corrected chi connectivity index (χ1v) is 5.74. The van der Waals surface area contributed by atoms with Gasteiger partial charge in [0.05, 0.1) is 12.8 Å². The topological polar surface area (TPSA) is 25.2 Å². The summed E-state index contributed by atoms with van der Waals surface area (Å²) in [5.74, 6) is 0.799. The van der Waals surface area contributed by atoms with Gasteiger partial charge in [-0.1, -0.05) is 6.92 Å². The van der Waals surface area contributed by atoms with E-state index in [1.165, 1.54) is 11.8 Å². The fourth-order valence-corrected chi connectivity index (χ4v) is 2.15. The third-order valence-electron chi connectivity index (χ3n) is 1.90. The summed E-state index contributed by atoms with van der Waals surface area (Å²) in [4.78, 5) is 0.973. The van der Waals surface area contributed by atoms with E-state index < -0.39 is 12.7 Å². The van der Waals surface area contributed by atoms with E-state index in [1.54, 1.807) is 6.26 Å². The molecular weight excluding hydrogens is 239 g/mol. The molecule has 2 nitrogen and oxygen atoms in total. The molecule has 1 aromatic rings. The van der Waals surface area contributed by atoms with Crippen molar-refractivity contribution in [2.75, 3.05) is 13.1 Å². The highest BCUT2D eigenvalue weighted by molar-refractivity contribution is 8.00. The Hall–Kier alpha value is -0.620. The van der Waals surface area contributed by atoms with Crippen molar-refractivity contribution in [1.82, 2.24) is 5.32 Å². The zero-order valence-electron chi connectivity index (χ0n) is 9.10. The van der Waals surface area contributed by atoms with Crippen LogP contribution in [0.2, 0.25) is 0 Å². The van der Waals surface area contributed by atoms with Gasteiger partial charge in [-0.2, -0.15) is 13.2 Å². The predicted molar refractivity (Wildman–Crippen MR) is 57.7 cm³/mol. The molecule has 1 heterocycles. The summed E-state index contributed by atoms with van der Waals surface area (Å²) in [7, 11) is 0. The summed E-state index contributed by atoms with van der Waals surface area (Å²) in [6.45, 7) is 3.08. The highest BCUT2D eigenvalue weighted by Crippen LogP contribution is 2.26. The molecule has 1 rings (SSSR count). The van der Waals surface area contributed by atoms with Crippen molar-refractivity contribution in [2.24, 2.45) is 0 Å². The first-order valence-electron chi connectivity index (χ1n) is 4.86. The Kier molecular flexibility index (Phi) is 4.73. The second-order valence-electron chi connectivity index (χ2n) is 3.52. The molecule has 0 aliphatic heterocycles. The molecule has 0 amide bonds. The van der Waals surface area contributed by atoms with Gasteiger partial charge in [0.25, 0.3) is 0 Å². The Balaban J connectivity index is 2.26. The quantitative estimate of drug-likeness (QED) is 0.816. The number of halogens is 3. The molecule has 1 atom stereocenters. The lowest BCUT2D eigenvalue weighted by Crippen LogP contribution is -2.32. The standard InChI is InChI=1S/C10H14F3NOS/c1-7(5-14-6-10(11,12)13)16-9-3-4-15-8(9)2/h3-4,7,14H,5-6H2,1-2H3. The SMILES string of the molecule is Cc1occc1SC(C)CNCC(F)(F)F. The van der Waals surface area contributed by atoms with E-state index in [9.17, 15) is 13.2 Å². The number of rotatable bonds is 5. The van der Waals surface area contributed by atoms with E-state index in [2.05, 4.69) is 5.32 Å². The van der Waals surface area contributed by atoms with Gasteiger partial charge in [-0.15, -0.1) is 11.8 Å². The molecule has 0 bridgehead atoms. The smallest absolute Gasteiger partial charge is 0.401 e. The second-order valence-corrected chi connectivity index (χ2v) is 5.00. The van der Waals surface area contributed by atoms with Gasteiger partial charge in [0.2, 0.25) is 0 Å². The van der Waals surface area contributed by atoms with Crippen LogP contribution in [0.15, 0.2) is 21.6 Å². The van der Waals surface area contributed by atoms with Gasteiger partial charge < -0.3 is 9.73 Å². The molecule has 1 unspecified atom stereocenters. The first kappa shape index (κ1) is 13.4. The lowest BCUT2D eigenvalue weighted by atomic mass is 10.4. The molecule has 0 radical (unpaired) electrons. The summed E-state index contributed by atoms with van der Waals surface area (Å²) in [5, 5.41) is 2.45. The van der Waals surface area contributed by atoms with Crippen molar-refractivity contribution in [1.29, 1.82) is 0 Å². The minimum Gasteiger partial charge on any atom is -0.468 e. The molecular formula is C10H14F3NOS. The van der Waals surface area contributed by atoms with Crippen molar-refractivity contribution in [3.8, 4) is 0 Å². The minimum atomic E-state index is -4.14. The van der Waals surface area contributed by atoms with Crippen LogP contribution in [0.3, 0.4) is 0 Å². The summed E-state index contributed by atoms with van der Waals surface area (Å²) < 4.78 is 40.7. The van der Waals surface area contributed by atoms with Gasteiger partial charge in [0, 0.05) is 16.7 Å². The van der Waals surface area contributed by atoms with E-state index in [1.807, 2.05) is 19.9 Å². The molecule has 1 N–H and O–H groups in total. The summed E-state index contributed by atoms with van der Waals surface area (Å²) >= 11 is 1.50. The zero-order chi connectivity index (χ0) is 12.2. The van der Waals surface area contributed by atoms with Gasteiger partial charge in [-0.3, -0.25) is 0 Å². The summed E-state index contributed by atoms with van der Waals surface area (Å²) in [6.07, 6.45) is -2.57. The number of hydrogen-bond acceptors (Lipinski definition) is 3. The van der Waals surface area contributed by atoms with E-state index in [0.717, 1.165) is 10.7 Å². The van der Waals surface area contributed by atoms with E-state index >= 15 is 0 Å². The third-order valence-corrected chi connectivity index (χ3v) is 3.14. The maximum Gasteiger partial charge on any atom is 0.401 e. The molecule has 0 saturated heterocycles. The second kappa shape index (κ2) is 5.63. The monoisotopic (exact) mass is 253 g/mol. The van der Waals surface area contributed by atoms with Crippen LogP contribution in [0.1, 0.15) is 12.7 Å². The van der Waals surface area contributed by atoms with Crippen molar-refractivity contribution < 1.29 is 17.6 Å². The van der Waals surface area contributed by atoms with E-state index in [4.69, 9.17) is 4.42 Å². The van der Waals surface area contributed by atoms with Gasteiger partial charge in [-0.25, -0.2) is 0 Å². The number of nitrogens with one attached hydrogen (secondary N) is 1. The normalized spacial score (nSPS) is 14.1. The van der Waals surface area contributed by atoms with E-state index in [-0.39, 0.29) is 5.25 Å². The number of aryl methyl sites for hydroxylation is 1. The Morgan fingerprint density at radius 3 is 2.69 bits per heavy atom. The molecule has 0 aromatic carbocycles. The van der Waals surface area contributed by atoms with Crippen LogP contribution in [0, 0.1) is 6.92 Å². The van der Waals surface area contributed by atoms with Crippen molar-refractivity contribution >= 4 is 11.8 Å². The zero-order valence-corrected chi connectivity index (χ0v) is 9.91. The van der Waals surface area contributed by atoms with Gasteiger partial charge in [-0.05, 0) is 13.0 Å². The Morgan fingerprint density at radius 1 is 1.50 bits per heavy atom. The lowest BCUT2D eigenvalue weighted by molar-refractivity contribution is -0.124. The Morgan fingerprint density at radius 2 is 2.19 bits per heavy atom. The van der Waals surface area contributed by atoms with Gasteiger partial charge in [0.15, 0.2) is 0 Å². The van der Waals surface area contributed by atoms with Crippen LogP contribution in [0.25, 0.3) is 0 Å². The van der Waals surface area contributed by atoms with Crippen molar-refractivity contribution in [3.05, 3.63) is 18.1 Å². The van der Waals surface area contributed by atoms with Crippen LogP contribution in [0.5, 0.6) is 0 Å². The van der Waals surface area contributed by atoms with Crippen molar-refractivity contribution in [2.45, 2.75) is 30.2 Å². The first-order chi connectivity index (χ1) is 7.38. The van der Waals surface area contributed by atoms with E-state index in [0.29, 0.717) is 6.54 Å². The van der Waals surface area contributed by atoms with Crippen LogP contribution in [0.4, 0.5) is 13.2 Å². The average Bonchev–Trinajstić information content (AvgIpc) is 2.49. The van der Waals surface area contributed by atoms with Gasteiger partial charge >= 0.3 is 6.18 Å². The molecule has 0 fully saturated rings. The number of furan rings is 1.